The third-order valence-corrected chi connectivity index (χ3v) is 1.24. The van der Waals surface area contributed by atoms with Crippen LogP contribution in [-0.4, -0.2) is 6.29 Å². The third kappa shape index (κ3) is 1.16. The summed E-state index contributed by atoms with van der Waals surface area (Å²) < 4.78 is 4.98. The molecule has 0 saturated heterocycles. The van der Waals surface area contributed by atoms with Gasteiger partial charge in [0.25, 0.3) is 0 Å². The van der Waals surface area contributed by atoms with Crippen LogP contribution < -0.4 is 0 Å². The van der Waals surface area contributed by atoms with Crippen molar-refractivity contribution in [1.29, 1.82) is 0 Å². The van der Waals surface area contributed by atoms with Crippen LogP contribution in [-0.2, 0) is 4.79 Å². The fraction of sp³-hybridized carbons (Fsp3) is 0.125. The average molecular weight is 136 g/mol. The number of carbonyl (C=O) groups is 1. The lowest BCUT2D eigenvalue weighted by Gasteiger charge is -1.88. The molecule has 1 rings (SSSR count). The van der Waals surface area contributed by atoms with Crippen LogP contribution in [0.1, 0.15) is 12.7 Å². The quantitative estimate of drug-likeness (QED) is 0.459. The van der Waals surface area contributed by atoms with Gasteiger partial charge < -0.3 is 4.42 Å². The molecule has 0 aromatic carbocycles. The molecule has 0 N–H and O–H groups in total. The van der Waals surface area contributed by atoms with Gasteiger partial charge in [-0.25, -0.2) is 0 Å². The van der Waals surface area contributed by atoms with Gasteiger partial charge in [0.1, 0.15) is 5.76 Å². The zero-order valence-corrected chi connectivity index (χ0v) is 5.70. The molecule has 0 fully saturated rings. The van der Waals surface area contributed by atoms with Crippen LogP contribution in [0.15, 0.2) is 28.9 Å². The molecule has 10 heavy (non-hydrogen) atoms. The summed E-state index contributed by atoms with van der Waals surface area (Å²) in [7, 11) is 0. The van der Waals surface area contributed by atoms with E-state index in [4.69, 9.17) is 4.42 Å². The molecule has 0 aliphatic carbocycles. The molecule has 2 heteroatoms. The highest BCUT2D eigenvalue weighted by atomic mass is 16.3. The van der Waals surface area contributed by atoms with Crippen molar-refractivity contribution in [3.05, 3.63) is 30.2 Å². The molecule has 1 aromatic rings. The van der Waals surface area contributed by atoms with Gasteiger partial charge in [-0.3, -0.25) is 4.79 Å². The molecule has 0 aliphatic heterocycles. The van der Waals surface area contributed by atoms with Crippen molar-refractivity contribution in [1.82, 2.24) is 0 Å². The number of hydrogen-bond donors (Lipinski definition) is 0. The van der Waals surface area contributed by atoms with Gasteiger partial charge in [0, 0.05) is 0 Å². The number of carbonyl (C=O) groups excluding carboxylic acids is 1. The predicted molar refractivity (Wildman–Crippen MR) is 38.4 cm³/mol. The number of rotatable bonds is 2. The first kappa shape index (κ1) is 6.81. The summed E-state index contributed by atoms with van der Waals surface area (Å²) in [6.07, 6.45) is 4.03. The second kappa shape index (κ2) is 3.01. The summed E-state index contributed by atoms with van der Waals surface area (Å²) in [6.45, 7) is 1.80. The Kier molecular flexibility index (Phi) is 2.05. The topological polar surface area (TPSA) is 30.2 Å². The van der Waals surface area contributed by atoms with E-state index in [1.54, 1.807) is 31.4 Å². The van der Waals surface area contributed by atoms with Crippen molar-refractivity contribution < 1.29 is 9.21 Å². The van der Waals surface area contributed by atoms with E-state index in [-0.39, 0.29) is 0 Å². The second-order valence-electron chi connectivity index (χ2n) is 1.84. The Hall–Kier alpha value is -1.31. The van der Waals surface area contributed by atoms with Crippen molar-refractivity contribution in [3.63, 3.8) is 0 Å². The van der Waals surface area contributed by atoms with Gasteiger partial charge in [-0.2, -0.15) is 0 Å². The Morgan fingerprint density at radius 3 is 2.90 bits per heavy atom. The number of aldehydes is 1. The molecule has 52 valence electrons. The van der Waals surface area contributed by atoms with E-state index in [2.05, 4.69) is 0 Å². The highest BCUT2D eigenvalue weighted by Crippen LogP contribution is 2.10. The first-order valence-electron chi connectivity index (χ1n) is 3.04. The maximum atomic E-state index is 10.3. The Morgan fingerprint density at radius 2 is 2.50 bits per heavy atom. The lowest BCUT2D eigenvalue weighted by Crippen LogP contribution is -1.79. The Labute approximate surface area is 59.2 Å². The summed E-state index contributed by atoms with van der Waals surface area (Å²) in [4.78, 5) is 10.3. The molecule has 0 amide bonds. The fourth-order valence-electron chi connectivity index (χ4n) is 0.711. The molecule has 2 nitrogen and oxygen atoms in total. The maximum Gasteiger partial charge on any atom is 0.153 e. The van der Waals surface area contributed by atoms with Crippen molar-refractivity contribution in [2.75, 3.05) is 0 Å². The number of allylic oxidation sites excluding steroid dienone is 2. The first-order valence-corrected chi connectivity index (χ1v) is 3.04. The predicted octanol–water partition coefficient (Wildman–Crippen LogP) is 1.88. The summed E-state index contributed by atoms with van der Waals surface area (Å²) in [5.41, 5.74) is 0.588. The molecule has 0 saturated carbocycles. The summed E-state index contributed by atoms with van der Waals surface area (Å²) in [5.74, 6) is 0.623. The van der Waals surface area contributed by atoms with E-state index in [1.807, 2.05) is 0 Å². The minimum absolute atomic E-state index is 0.588. The van der Waals surface area contributed by atoms with Crippen LogP contribution in [0.3, 0.4) is 0 Å². The Balaban J connectivity index is 2.95. The number of hydrogen-bond acceptors (Lipinski definition) is 2. The van der Waals surface area contributed by atoms with Gasteiger partial charge >= 0.3 is 0 Å². The summed E-state index contributed by atoms with van der Waals surface area (Å²) in [5, 5.41) is 0. The van der Waals surface area contributed by atoms with E-state index in [0.717, 1.165) is 6.29 Å². The van der Waals surface area contributed by atoms with Gasteiger partial charge in [-0.15, -0.1) is 0 Å². The van der Waals surface area contributed by atoms with Crippen molar-refractivity contribution in [3.8, 4) is 0 Å². The summed E-state index contributed by atoms with van der Waals surface area (Å²) in [6, 6.07) is 3.51. The minimum atomic E-state index is 0.588. The standard InChI is InChI=1S/C8H8O2/c1-2-7(6-9)8-4-3-5-10-8/h2-6H,1H3/b7-2+. The fourth-order valence-corrected chi connectivity index (χ4v) is 0.711. The van der Waals surface area contributed by atoms with Crippen molar-refractivity contribution in [2.24, 2.45) is 0 Å². The first-order chi connectivity index (χ1) is 4.88. The Morgan fingerprint density at radius 1 is 1.70 bits per heavy atom. The maximum absolute atomic E-state index is 10.3. The van der Waals surface area contributed by atoms with Crippen molar-refractivity contribution in [2.45, 2.75) is 6.92 Å². The molecular formula is C8H8O2. The minimum Gasteiger partial charge on any atom is -0.464 e. The average Bonchev–Trinajstić information content (AvgIpc) is 2.43. The molecule has 0 radical (unpaired) electrons. The monoisotopic (exact) mass is 136 g/mol. The second-order valence-corrected chi connectivity index (χ2v) is 1.84. The Bertz CT molecular complexity index is 232. The lowest BCUT2D eigenvalue weighted by molar-refractivity contribution is -0.103. The van der Waals surface area contributed by atoms with Gasteiger partial charge in [0.15, 0.2) is 6.29 Å². The van der Waals surface area contributed by atoms with E-state index in [0.29, 0.717) is 11.3 Å². The molecular weight excluding hydrogens is 128 g/mol. The third-order valence-electron chi connectivity index (χ3n) is 1.24. The van der Waals surface area contributed by atoms with Crippen LogP contribution in [0.4, 0.5) is 0 Å². The van der Waals surface area contributed by atoms with Crippen LogP contribution in [0.2, 0.25) is 0 Å². The van der Waals surface area contributed by atoms with Gasteiger partial charge in [0.05, 0.1) is 11.8 Å². The normalized spacial score (nSPS) is 11.5. The molecule has 1 heterocycles. The molecule has 0 unspecified atom stereocenters. The van der Waals surface area contributed by atoms with E-state index >= 15 is 0 Å². The number of furan rings is 1. The molecule has 0 spiro atoms. The van der Waals surface area contributed by atoms with Gasteiger partial charge in [-0.1, -0.05) is 6.08 Å². The zero-order chi connectivity index (χ0) is 7.40. The van der Waals surface area contributed by atoms with Crippen LogP contribution in [0.25, 0.3) is 5.57 Å². The van der Waals surface area contributed by atoms with E-state index in [1.165, 1.54) is 0 Å². The zero-order valence-electron chi connectivity index (χ0n) is 5.70. The molecule has 0 atom stereocenters. The SMILES string of the molecule is C/C=C(\C=O)c1ccco1. The van der Waals surface area contributed by atoms with Crippen LogP contribution in [0.5, 0.6) is 0 Å². The summed E-state index contributed by atoms with van der Waals surface area (Å²) >= 11 is 0. The van der Waals surface area contributed by atoms with Crippen molar-refractivity contribution >= 4 is 11.9 Å². The molecule has 1 aromatic heterocycles. The highest BCUT2D eigenvalue weighted by molar-refractivity contribution is 6.05. The smallest absolute Gasteiger partial charge is 0.153 e. The molecule has 0 bridgehead atoms. The lowest BCUT2D eigenvalue weighted by atomic mass is 10.2. The van der Waals surface area contributed by atoms with Crippen LogP contribution >= 0.6 is 0 Å². The van der Waals surface area contributed by atoms with Crippen LogP contribution in [0, 0.1) is 0 Å². The molecule has 0 aliphatic rings. The van der Waals surface area contributed by atoms with Gasteiger partial charge in [0.2, 0.25) is 0 Å². The largest absolute Gasteiger partial charge is 0.464 e. The van der Waals surface area contributed by atoms with E-state index < -0.39 is 0 Å². The highest BCUT2D eigenvalue weighted by Gasteiger charge is 1.99. The van der Waals surface area contributed by atoms with Gasteiger partial charge in [-0.05, 0) is 19.1 Å². The van der Waals surface area contributed by atoms with E-state index in [9.17, 15) is 4.79 Å².